The molecule has 0 aromatic heterocycles. The van der Waals surface area contributed by atoms with Gasteiger partial charge in [-0.25, -0.2) is 0 Å². The van der Waals surface area contributed by atoms with Gasteiger partial charge in [0.2, 0.25) is 0 Å². The Kier molecular flexibility index (Phi) is 6.94. The number of hydrogen-bond acceptors (Lipinski definition) is 1. The van der Waals surface area contributed by atoms with Crippen LogP contribution in [0.15, 0.2) is 176 Å². The maximum Gasteiger partial charge on any atom is 0.0543 e. The monoisotopic (exact) mass is 679 g/mol. The zero-order valence-electron chi connectivity index (χ0n) is 30.7. The van der Waals surface area contributed by atoms with Crippen LogP contribution in [0.5, 0.6) is 0 Å². The van der Waals surface area contributed by atoms with E-state index in [0.717, 1.165) is 11.4 Å². The number of hydrogen-bond donors (Lipinski definition) is 0. The molecule has 0 atom stereocenters. The third kappa shape index (κ3) is 4.70. The normalized spacial score (nSPS) is 14.3. The highest BCUT2D eigenvalue weighted by atomic mass is 15.1. The minimum Gasteiger partial charge on any atom is -0.310 e. The quantitative estimate of drug-likeness (QED) is 0.175. The second-order valence-corrected chi connectivity index (χ2v) is 15.7. The summed E-state index contributed by atoms with van der Waals surface area (Å²) in [7, 11) is 0. The fraction of sp³-hybridized carbons (Fsp3) is 0.115. The molecular weight excluding hydrogens is 639 g/mol. The van der Waals surface area contributed by atoms with E-state index in [1.165, 1.54) is 83.2 Å². The highest BCUT2D eigenvalue weighted by molar-refractivity contribution is 6.12. The highest BCUT2D eigenvalue weighted by Crippen LogP contribution is 2.56. The van der Waals surface area contributed by atoms with Crippen molar-refractivity contribution in [1.82, 2.24) is 0 Å². The van der Waals surface area contributed by atoms with Crippen molar-refractivity contribution in [1.29, 1.82) is 0 Å². The summed E-state index contributed by atoms with van der Waals surface area (Å²) in [4.78, 5) is 2.52. The predicted octanol–water partition coefficient (Wildman–Crippen LogP) is 14.3. The van der Waals surface area contributed by atoms with Gasteiger partial charge in [0.1, 0.15) is 0 Å². The van der Waals surface area contributed by atoms with Gasteiger partial charge in [-0.2, -0.15) is 0 Å². The summed E-state index contributed by atoms with van der Waals surface area (Å²) in [6.07, 6.45) is 0. The molecule has 2 aliphatic rings. The summed E-state index contributed by atoms with van der Waals surface area (Å²) in [5, 5.41) is 2.58. The van der Waals surface area contributed by atoms with Crippen LogP contribution in [0, 0.1) is 0 Å². The SMILES string of the molecule is CC1(C)c2ccccc2-c2ccc(N(c3ccc(-c4ccccc4)cc3)c3ccc(-c4ccccc4)c4ccc5c(c34)C(C)(C)c3ccccc3-5)cc21. The van der Waals surface area contributed by atoms with Crippen LogP contribution in [0.25, 0.3) is 55.3 Å². The Morgan fingerprint density at radius 2 is 0.868 bits per heavy atom. The molecule has 0 unspecified atom stereocenters. The minimum atomic E-state index is -0.195. The summed E-state index contributed by atoms with van der Waals surface area (Å²) >= 11 is 0. The van der Waals surface area contributed by atoms with Gasteiger partial charge in [0, 0.05) is 27.6 Å². The Bertz CT molecular complexity index is 2700. The molecule has 0 heterocycles. The Balaban J connectivity index is 1.27. The molecule has 8 aromatic rings. The largest absolute Gasteiger partial charge is 0.310 e. The molecule has 0 N–H and O–H groups in total. The van der Waals surface area contributed by atoms with E-state index in [2.05, 4.69) is 209 Å². The van der Waals surface area contributed by atoms with Crippen molar-refractivity contribution in [3.8, 4) is 44.5 Å². The van der Waals surface area contributed by atoms with Crippen molar-refractivity contribution >= 4 is 27.8 Å². The summed E-state index contributed by atoms with van der Waals surface area (Å²) in [5.74, 6) is 0. The summed E-state index contributed by atoms with van der Waals surface area (Å²) in [6.45, 7) is 9.56. The van der Waals surface area contributed by atoms with Crippen LogP contribution in [-0.2, 0) is 10.8 Å². The molecule has 0 amide bonds. The lowest BCUT2D eigenvalue weighted by atomic mass is 9.79. The lowest BCUT2D eigenvalue weighted by Crippen LogP contribution is -2.18. The number of nitrogens with zero attached hydrogens (tertiary/aromatic N) is 1. The smallest absolute Gasteiger partial charge is 0.0543 e. The van der Waals surface area contributed by atoms with Crippen LogP contribution in [0.1, 0.15) is 49.9 Å². The molecule has 1 heteroatoms. The van der Waals surface area contributed by atoms with Crippen molar-refractivity contribution in [3.05, 3.63) is 198 Å². The third-order valence-electron chi connectivity index (χ3n) is 12.1. The van der Waals surface area contributed by atoms with Gasteiger partial charge in [-0.1, -0.05) is 173 Å². The first-order valence-corrected chi connectivity index (χ1v) is 18.8. The number of rotatable bonds is 5. The van der Waals surface area contributed by atoms with Gasteiger partial charge in [-0.3, -0.25) is 0 Å². The van der Waals surface area contributed by atoms with Gasteiger partial charge in [-0.05, 0) is 102 Å². The molecule has 0 bridgehead atoms. The molecule has 0 radical (unpaired) electrons. The Morgan fingerprint density at radius 1 is 0.358 bits per heavy atom. The van der Waals surface area contributed by atoms with Crippen LogP contribution in [0.2, 0.25) is 0 Å². The van der Waals surface area contributed by atoms with E-state index in [4.69, 9.17) is 0 Å². The molecule has 2 aliphatic carbocycles. The molecule has 8 aromatic carbocycles. The van der Waals surface area contributed by atoms with E-state index in [1.807, 2.05) is 0 Å². The zero-order valence-corrected chi connectivity index (χ0v) is 30.7. The molecule has 254 valence electrons. The summed E-state index contributed by atoms with van der Waals surface area (Å²) in [6, 6.07) is 65.2. The fourth-order valence-corrected chi connectivity index (χ4v) is 9.45. The average Bonchev–Trinajstić information content (AvgIpc) is 3.58. The molecule has 0 saturated heterocycles. The van der Waals surface area contributed by atoms with E-state index in [-0.39, 0.29) is 10.8 Å². The topological polar surface area (TPSA) is 3.24 Å². The van der Waals surface area contributed by atoms with Gasteiger partial charge in [0.15, 0.2) is 0 Å². The van der Waals surface area contributed by atoms with Crippen LogP contribution < -0.4 is 4.90 Å². The van der Waals surface area contributed by atoms with Crippen molar-refractivity contribution in [3.63, 3.8) is 0 Å². The van der Waals surface area contributed by atoms with E-state index in [0.29, 0.717) is 0 Å². The molecule has 0 aliphatic heterocycles. The number of anilines is 3. The molecular formula is C52H41N. The first kappa shape index (κ1) is 31.5. The Morgan fingerprint density at radius 3 is 1.57 bits per heavy atom. The van der Waals surface area contributed by atoms with Gasteiger partial charge in [-0.15, -0.1) is 0 Å². The molecule has 0 saturated carbocycles. The van der Waals surface area contributed by atoms with Crippen LogP contribution in [0.4, 0.5) is 17.1 Å². The van der Waals surface area contributed by atoms with Gasteiger partial charge >= 0.3 is 0 Å². The van der Waals surface area contributed by atoms with Crippen LogP contribution >= 0.6 is 0 Å². The van der Waals surface area contributed by atoms with E-state index in [1.54, 1.807) is 0 Å². The summed E-state index contributed by atoms with van der Waals surface area (Å²) in [5.41, 5.74) is 19.0. The Hall–Kier alpha value is -6.18. The third-order valence-corrected chi connectivity index (χ3v) is 12.1. The van der Waals surface area contributed by atoms with Crippen molar-refractivity contribution in [2.45, 2.75) is 38.5 Å². The lowest BCUT2D eigenvalue weighted by Gasteiger charge is -2.32. The zero-order chi connectivity index (χ0) is 35.9. The van der Waals surface area contributed by atoms with Crippen molar-refractivity contribution in [2.75, 3.05) is 4.90 Å². The van der Waals surface area contributed by atoms with Crippen LogP contribution in [-0.4, -0.2) is 0 Å². The maximum absolute atomic E-state index is 2.52. The van der Waals surface area contributed by atoms with Crippen molar-refractivity contribution in [2.24, 2.45) is 0 Å². The molecule has 0 spiro atoms. The highest BCUT2D eigenvalue weighted by Gasteiger charge is 2.39. The van der Waals surface area contributed by atoms with Crippen LogP contribution in [0.3, 0.4) is 0 Å². The second-order valence-electron chi connectivity index (χ2n) is 15.7. The van der Waals surface area contributed by atoms with E-state index in [9.17, 15) is 0 Å². The van der Waals surface area contributed by atoms with Gasteiger partial charge in [0.05, 0.1) is 5.69 Å². The van der Waals surface area contributed by atoms with Gasteiger partial charge < -0.3 is 4.90 Å². The number of benzene rings is 8. The summed E-state index contributed by atoms with van der Waals surface area (Å²) < 4.78 is 0. The van der Waals surface area contributed by atoms with E-state index < -0.39 is 0 Å². The predicted molar refractivity (Wildman–Crippen MR) is 225 cm³/mol. The average molecular weight is 680 g/mol. The number of fused-ring (bicyclic) bond motifs is 8. The molecule has 0 fully saturated rings. The standard InChI is InChI=1S/C52H41N/c1-51(2)45-21-13-11-19-40(45)42-28-27-38(33-47(42)51)53(37-25-23-35(24-26-37)34-15-7-5-8-16-34)48-32-31-39(36-17-9-6-10-18-36)43-29-30-44-41-20-12-14-22-46(41)52(3,4)50(44)49(43)48/h5-33H,1-4H3. The first-order valence-electron chi connectivity index (χ1n) is 18.8. The fourth-order valence-electron chi connectivity index (χ4n) is 9.45. The molecule has 10 rings (SSSR count). The Labute approximate surface area is 312 Å². The van der Waals surface area contributed by atoms with E-state index >= 15 is 0 Å². The lowest BCUT2D eigenvalue weighted by molar-refractivity contribution is 0.660. The minimum absolute atomic E-state index is 0.116. The molecule has 53 heavy (non-hydrogen) atoms. The molecule has 1 nitrogen and oxygen atoms in total. The van der Waals surface area contributed by atoms with Crippen molar-refractivity contribution < 1.29 is 0 Å². The first-order chi connectivity index (χ1) is 25.8. The maximum atomic E-state index is 2.52. The second kappa shape index (κ2) is 11.7. The van der Waals surface area contributed by atoms with Gasteiger partial charge in [0.25, 0.3) is 0 Å².